The van der Waals surface area contributed by atoms with E-state index in [1.54, 1.807) is 0 Å². The fourth-order valence-corrected chi connectivity index (χ4v) is 3.30. The molecule has 0 saturated heterocycles. The molecule has 2 atom stereocenters. The molecule has 6 heteroatoms. The van der Waals surface area contributed by atoms with Gasteiger partial charge in [-0.3, -0.25) is 4.79 Å². The lowest BCUT2D eigenvalue weighted by Gasteiger charge is -2.31. The molecule has 1 aliphatic rings. The molecule has 0 bridgehead atoms. The van der Waals surface area contributed by atoms with Crippen LogP contribution in [0.1, 0.15) is 36.0 Å². The highest BCUT2D eigenvalue weighted by Crippen LogP contribution is 2.24. The monoisotopic (exact) mass is 394 g/mol. The first-order valence-corrected chi connectivity index (χ1v) is 7.76. The van der Waals surface area contributed by atoms with E-state index in [0.29, 0.717) is 10.1 Å². The van der Waals surface area contributed by atoms with Gasteiger partial charge in [-0.1, -0.05) is 12.8 Å². The van der Waals surface area contributed by atoms with E-state index in [4.69, 9.17) is 5.73 Å². The Kier molecular flexibility index (Phi) is 5.31. The molecule has 0 aliphatic heterocycles. The van der Waals surface area contributed by atoms with Gasteiger partial charge in [0.15, 0.2) is 11.6 Å². The van der Waals surface area contributed by atoms with E-state index in [1.807, 2.05) is 22.6 Å². The Labute approximate surface area is 130 Å². The van der Waals surface area contributed by atoms with Gasteiger partial charge in [0.1, 0.15) is 0 Å². The molecular weight excluding hydrogens is 377 g/mol. The molecule has 1 fully saturated rings. The number of carbonyl (C=O) groups is 1. The third-order valence-electron chi connectivity index (χ3n) is 3.78. The molecule has 3 N–H and O–H groups in total. The number of hydrogen-bond acceptors (Lipinski definition) is 2. The van der Waals surface area contributed by atoms with Crippen LogP contribution < -0.4 is 11.1 Å². The van der Waals surface area contributed by atoms with Crippen molar-refractivity contribution in [1.82, 2.24) is 5.32 Å². The quantitative estimate of drug-likeness (QED) is 0.612. The molecule has 1 saturated carbocycles. The normalized spacial score (nSPS) is 22.6. The van der Waals surface area contributed by atoms with Gasteiger partial charge in [0.2, 0.25) is 0 Å². The van der Waals surface area contributed by atoms with Crippen LogP contribution in [-0.4, -0.2) is 18.5 Å². The Balaban J connectivity index is 2.13. The fraction of sp³-hybridized carbons (Fsp3) is 0.500. The smallest absolute Gasteiger partial charge is 0.252 e. The molecule has 1 aliphatic carbocycles. The number of halogens is 3. The second-order valence-corrected chi connectivity index (χ2v) is 6.27. The Morgan fingerprint density at radius 3 is 2.65 bits per heavy atom. The molecule has 20 heavy (non-hydrogen) atoms. The van der Waals surface area contributed by atoms with Gasteiger partial charge in [-0.05, 0) is 60.0 Å². The standard InChI is InChI=1S/C14H17F2IN2O/c15-10-5-9(12(17)6-11(10)16)14(20)19-13-4-2-1-3-8(13)7-18/h5-6,8,13H,1-4,7,18H2,(H,19,20). The maximum Gasteiger partial charge on any atom is 0.252 e. The third kappa shape index (κ3) is 3.46. The predicted octanol–water partition coefficient (Wildman–Crippen LogP) is 2.82. The van der Waals surface area contributed by atoms with Crippen molar-refractivity contribution >= 4 is 28.5 Å². The first-order valence-electron chi connectivity index (χ1n) is 6.68. The van der Waals surface area contributed by atoms with Crippen molar-refractivity contribution < 1.29 is 13.6 Å². The number of carbonyl (C=O) groups excluding carboxylic acids is 1. The van der Waals surface area contributed by atoms with Crippen molar-refractivity contribution in [3.63, 3.8) is 0 Å². The summed E-state index contributed by atoms with van der Waals surface area (Å²) in [5.74, 6) is -2.05. The number of benzene rings is 1. The van der Waals surface area contributed by atoms with Crippen LogP contribution in [0, 0.1) is 21.1 Å². The largest absolute Gasteiger partial charge is 0.349 e. The van der Waals surface area contributed by atoms with Crippen LogP contribution in [0.5, 0.6) is 0 Å². The zero-order valence-corrected chi connectivity index (χ0v) is 13.1. The van der Waals surface area contributed by atoms with Crippen molar-refractivity contribution in [2.45, 2.75) is 31.7 Å². The van der Waals surface area contributed by atoms with Gasteiger partial charge in [0.25, 0.3) is 5.91 Å². The molecule has 0 radical (unpaired) electrons. The Bertz CT molecular complexity index is 510. The minimum absolute atomic E-state index is 0.0187. The summed E-state index contributed by atoms with van der Waals surface area (Å²) in [4.78, 5) is 12.2. The van der Waals surface area contributed by atoms with Crippen LogP contribution in [0.15, 0.2) is 12.1 Å². The molecule has 0 aromatic heterocycles. The minimum Gasteiger partial charge on any atom is -0.349 e. The van der Waals surface area contributed by atoms with Crippen molar-refractivity contribution in [3.05, 3.63) is 32.9 Å². The van der Waals surface area contributed by atoms with Gasteiger partial charge in [0, 0.05) is 9.61 Å². The van der Waals surface area contributed by atoms with E-state index in [1.165, 1.54) is 0 Å². The van der Waals surface area contributed by atoms with Crippen molar-refractivity contribution in [2.75, 3.05) is 6.54 Å². The molecule has 110 valence electrons. The summed E-state index contributed by atoms with van der Waals surface area (Å²) in [6.07, 6.45) is 4.05. The number of hydrogen-bond donors (Lipinski definition) is 2. The molecular formula is C14H17F2IN2O. The van der Waals surface area contributed by atoms with Gasteiger partial charge < -0.3 is 11.1 Å². The maximum absolute atomic E-state index is 13.3. The average Bonchev–Trinajstić information content (AvgIpc) is 2.43. The Morgan fingerprint density at radius 1 is 1.30 bits per heavy atom. The first kappa shape index (κ1) is 15.6. The second kappa shape index (κ2) is 6.80. The molecule has 0 spiro atoms. The van der Waals surface area contributed by atoms with E-state index < -0.39 is 11.6 Å². The van der Waals surface area contributed by atoms with Crippen LogP contribution in [0.25, 0.3) is 0 Å². The number of amides is 1. The zero-order valence-electron chi connectivity index (χ0n) is 11.0. The summed E-state index contributed by atoms with van der Waals surface area (Å²) in [6.45, 7) is 0.528. The summed E-state index contributed by atoms with van der Waals surface area (Å²) in [7, 11) is 0. The molecule has 1 aromatic rings. The van der Waals surface area contributed by atoms with Crippen LogP contribution in [0.3, 0.4) is 0 Å². The third-order valence-corrected chi connectivity index (χ3v) is 4.68. The lowest BCUT2D eigenvalue weighted by molar-refractivity contribution is 0.0906. The van der Waals surface area contributed by atoms with E-state index in [2.05, 4.69) is 5.32 Å². The predicted molar refractivity (Wildman–Crippen MR) is 81.3 cm³/mol. The highest BCUT2D eigenvalue weighted by molar-refractivity contribution is 14.1. The van der Waals surface area contributed by atoms with Crippen molar-refractivity contribution in [3.8, 4) is 0 Å². The highest BCUT2D eigenvalue weighted by atomic mass is 127. The lowest BCUT2D eigenvalue weighted by atomic mass is 9.84. The summed E-state index contributed by atoms with van der Waals surface area (Å²) >= 11 is 1.83. The highest BCUT2D eigenvalue weighted by Gasteiger charge is 2.26. The Morgan fingerprint density at radius 2 is 1.95 bits per heavy atom. The summed E-state index contributed by atoms with van der Waals surface area (Å²) in [6, 6.07) is 2.00. The van der Waals surface area contributed by atoms with Crippen molar-refractivity contribution in [2.24, 2.45) is 11.7 Å². The van der Waals surface area contributed by atoms with Crippen LogP contribution >= 0.6 is 22.6 Å². The zero-order chi connectivity index (χ0) is 14.7. The van der Waals surface area contributed by atoms with E-state index >= 15 is 0 Å². The number of nitrogens with two attached hydrogens (primary N) is 1. The van der Waals surface area contributed by atoms with Crippen LogP contribution in [0.4, 0.5) is 8.78 Å². The van der Waals surface area contributed by atoms with Crippen molar-refractivity contribution in [1.29, 1.82) is 0 Å². The lowest BCUT2D eigenvalue weighted by Crippen LogP contribution is -2.44. The minimum atomic E-state index is -1.01. The van der Waals surface area contributed by atoms with E-state index in [9.17, 15) is 13.6 Å². The van der Waals surface area contributed by atoms with Gasteiger partial charge in [0.05, 0.1) is 5.56 Å². The van der Waals surface area contributed by atoms with Crippen LogP contribution in [-0.2, 0) is 0 Å². The molecule has 3 nitrogen and oxygen atoms in total. The van der Waals surface area contributed by atoms with Gasteiger partial charge in [-0.25, -0.2) is 8.78 Å². The molecule has 0 heterocycles. The molecule has 2 rings (SSSR count). The fourth-order valence-electron chi connectivity index (χ4n) is 2.62. The average molecular weight is 394 g/mol. The van der Waals surface area contributed by atoms with E-state index in [-0.39, 0.29) is 23.4 Å². The van der Waals surface area contributed by atoms with E-state index in [0.717, 1.165) is 37.8 Å². The number of nitrogens with one attached hydrogen (secondary N) is 1. The number of rotatable bonds is 3. The van der Waals surface area contributed by atoms with Crippen LogP contribution in [0.2, 0.25) is 0 Å². The molecule has 2 unspecified atom stereocenters. The SMILES string of the molecule is NCC1CCCCC1NC(=O)c1cc(F)c(F)cc1I. The molecule has 1 aromatic carbocycles. The first-order chi connectivity index (χ1) is 9.52. The summed E-state index contributed by atoms with van der Waals surface area (Å²) in [5, 5.41) is 2.91. The van der Waals surface area contributed by atoms with Gasteiger partial charge >= 0.3 is 0 Å². The molecule has 1 amide bonds. The topological polar surface area (TPSA) is 55.1 Å². The van der Waals surface area contributed by atoms with Gasteiger partial charge in [-0.15, -0.1) is 0 Å². The summed E-state index contributed by atoms with van der Waals surface area (Å²) in [5.41, 5.74) is 5.89. The second-order valence-electron chi connectivity index (χ2n) is 5.11. The summed E-state index contributed by atoms with van der Waals surface area (Å²) < 4.78 is 26.7. The maximum atomic E-state index is 13.3. The van der Waals surface area contributed by atoms with Gasteiger partial charge in [-0.2, -0.15) is 0 Å². The Hall–Kier alpha value is -0.760.